The van der Waals surface area contributed by atoms with E-state index < -0.39 is 0 Å². The third-order valence-corrected chi connectivity index (χ3v) is 10.5. The van der Waals surface area contributed by atoms with Crippen LogP contribution in [0.3, 0.4) is 0 Å². The molecule has 6 rings (SSSR count). The Morgan fingerprint density at radius 2 is 1.69 bits per heavy atom. The van der Waals surface area contributed by atoms with E-state index in [1.807, 2.05) is 65.6 Å². The fourth-order valence-electron chi connectivity index (χ4n) is 6.65. The lowest BCUT2D eigenvalue weighted by Crippen LogP contribution is -2.48. The Hall–Kier alpha value is -3.49. The summed E-state index contributed by atoms with van der Waals surface area (Å²) in [7, 11) is 1.39. The van der Waals surface area contributed by atoms with Crippen molar-refractivity contribution in [3.05, 3.63) is 104 Å². The normalized spacial score (nSPS) is 19.6. The topological polar surface area (TPSA) is 75.3 Å². The van der Waals surface area contributed by atoms with Crippen molar-refractivity contribution in [3.8, 4) is 11.4 Å². The van der Waals surface area contributed by atoms with Crippen LogP contribution >= 0.6 is 31.9 Å². The second-order valence-corrected chi connectivity index (χ2v) is 13.5. The van der Waals surface area contributed by atoms with Crippen LogP contribution in [0.15, 0.2) is 87.3 Å². The maximum atomic E-state index is 14.1. The molecule has 0 bridgehead atoms. The minimum absolute atomic E-state index is 0.00377. The number of methoxy groups -OCH3 is 1. The molecule has 8 heteroatoms. The first kappa shape index (κ1) is 28.6. The van der Waals surface area contributed by atoms with E-state index in [-0.39, 0.29) is 22.7 Å². The summed E-state index contributed by atoms with van der Waals surface area (Å²) in [6.45, 7) is 7.92. The van der Waals surface area contributed by atoms with Crippen molar-refractivity contribution in [2.45, 2.75) is 27.2 Å². The van der Waals surface area contributed by atoms with Crippen molar-refractivity contribution >= 4 is 60.3 Å². The van der Waals surface area contributed by atoms with Crippen molar-refractivity contribution in [1.29, 1.82) is 0 Å². The first-order chi connectivity index (χ1) is 20.0. The Kier molecular flexibility index (Phi) is 7.26. The summed E-state index contributed by atoms with van der Waals surface area (Å²) >= 11 is 7.11. The molecule has 0 saturated heterocycles. The van der Waals surface area contributed by atoms with E-state index in [1.165, 1.54) is 18.3 Å². The Labute approximate surface area is 262 Å². The van der Waals surface area contributed by atoms with Gasteiger partial charge in [-0.15, -0.1) is 0 Å². The van der Waals surface area contributed by atoms with Gasteiger partial charge in [0.05, 0.1) is 29.3 Å². The molecule has 0 spiro atoms. The van der Waals surface area contributed by atoms with Gasteiger partial charge in [-0.05, 0) is 79.7 Å². The van der Waals surface area contributed by atoms with Crippen molar-refractivity contribution in [2.24, 2.45) is 10.8 Å². The lowest BCUT2D eigenvalue weighted by Gasteiger charge is -2.50. The quantitative estimate of drug-likeness (QED) is 0.173. The fraction of sp³-hybridized carbons (Fsp3) is 0.265. The molecule has 1 amide bonds. The van der Waals surface area contributed by atoms with E-state index in [4.69, 9.17) is 9.72 Å². The van der Waals surface area contributed by atoms with Crippen molar-refractivity contribution in [3.63, 3.8) is 0 Å². The van der Waals surface area contributed by atoms with E-state index >= 15 is 0 Å². The minimum atomic E-state index is -0.339. The highest BCUT2D eigenvalue weighted by Gasteiger charge is 2.46. The molecule has 0 radical (unpaired) electrons. The first-order valence-electron chi connectivity index (χ1n) is 13.9. The molecule has 0 unspecified atom stereocenters. The zero-order chi connectivity index (χ0) is 29.8. The summed E-state index contributed by atoms with van der Waals surface area (Å²) in [4.78, 5) is 36.2. The van der Waals surface area contributed by atoms with Crippen LogP contribution in [0.1, 0.15) is 53.5 Å². The van der Waals surface area contributed by atoms with Crippen LogP contribution in [0.5, 0.6) is 0 Å². The number of fused-ring (bicyclic) bond motifs is 2. The van der Waals surface area contributed by atoms with Gasteiger partial charge in [-0.2, -0.15) is 0 Å². The lowest BCUT2D eigenvalue weighted by molar-refractivity contribution is 0.0600. The summed E-state index contributed by atoms with van der Waals surface area (Å²) in [6, 6.07) is 19.3. The zero-order valence-corrected chi connectivity index (χ0v) is 27.1. The number of halogens is 2. The van der Waals surface area contributed by atoms with E-state index in [1.54, 1.807) is 0 Å². The molecule has 2 aliphatic rings. The Bertz CT molecular complexity index is 1760. The molecule has 3 aromatic carbocycles. The highest BCUT2D eigenvalue weighted by atomic mass is 79.9. The van der Waals surface area contributed by atoms with Crippen molar-refractivity contribution in [2.75, 3.05) is 20.2 Å². The fourth-order valence-corrected chi connectivity index (χ4v) is 7.32. The van der Waals surface area contributed by atoms with Crippen LogP contribution in [0.2, 0.25) is 0 Å². The molecule has 0 fully saturated rings. The van der Waals surface area contributed by atoms with E-state index in [2.05, 4.69) is 69.8 Å². The largest absolute Gasteiger partial charge is 0.465 e. The number of ether oxygens (including phenoxy) is 1. The molecule has 1 aromatic heterocycles. The van der Waals surface area contributed by atoms with Gasteiger partial charge in [0.2, 0.25) is 0 Å². The standard InChI is InChI=1S/C34H31Br2N3O3/c1-33(2)24(20-9-11-21(12-10-20)32(41)42-4)13-15-34(3)19-39(16-14-29(33)34)31(40)23-8-6-5-7-22(23)30-37-27-17-25(35)26(36)18-28(27)38-30/h5-14,17-18H,15-16,19H2,1-4H3,(H,37,38)/t34-/m1/s1. The van der Waals surface area contributed by atoms with Gasteiger partial charge in [0, 0.05) is 38.4 Å². The van der Waals surface area contributed by atoms with Gasteiger partial charge >= 0.3 is 5.97 Å². The van der Waals surface area contributed by atoms with Gasteiger partial charge in [0.1, 0.15) is 5.82 Å². The summed E-state index contributed by atoms with van der Waals surface area (Å²) < 4.78 is 6.72. The second-order valence-electron chi connectivity index (χ2n) is 11.8. The number of carbonyl (C=O) groups is 2. The van der Waals surface area contributed by atoms with Gasteiger partial charge < -0.3 is 14.6 Å². The number of nitrogens with one attached hydrogen (secondary N) is 1. The highest BCUT2D eigenvalue weighted by molar-refractivity contribution is 9.13. The number of esters is 1. The highest BCUT2D eigenvalue weighted by Crippen LogP contribution is 2.55. The molecule has 6 nitrogen and oxygen atoms in total. The number of aromatic amines is 1. The van der Waals surface area contributed by atoms with Crippen LogP contribution in [0, 0.1) is 10.8 Å². The van der Waals surface area contributed by atoms with Crippen molar-refractivity contribution < 1.29 is 14.3 Å². The number of rotatable bonds is 4. The summed E-state index contributed by atoms with van der Waals surface area (Å²) in [5, 5.41) is 0. The third-order valence-electron chi connectivity index (χ3n) is 8.65. The lowest BCUT2D eigenvalue weighted by atomic mass is 9.58. The number of carbonyl (C=O) groups excluding carboxylic acids is 2. The van der Waals surface area contributed by atoms with Gasteiger partial charge in [0.15, 0.2) is 0 Å². The maximum absolute atomic E-state index is 14.1. The molecule has 2 heterocycles. The Morgan fingerprint density at radius 3 is 2.43 bits per heavy atom. The predicted octanol–water partition coefficient (Wildman–Crippen LogP) is 8.44. The molecule has 1 aliphatic carbocycles. The van der Waals surface area contributed by atoms with E-state index in [0.29, 0.717) is 30.0 Å². The predicted molar refractivity (Wildman–Crippen MR) is 173 cm³/mol. The maximum Gasteiger partial charge on any atom is 0.337 e. The number of amides is 1. The number of allylic oxidation sites excluding steroid dienone is 2. The summed E-state index contributed by atoms with van der Waals surface area (Å²) in [5.41, 5.74) is 6.91. The molecular weight excluding hydrogens is 658 g/mol. The molecule has 0 saturated carbocycles. The number of benzene rings is 3. The van der Waals surface area contributed by atoms with Crippen LogP contribution in [0.4, 0.5) is 0 Å². The first-order valence-corrected chi connectivity index (χ1v) is 15.4. The molecule has 1 N–H and O–H groups in total. The second kappa shape index (κ2) is 10.7. The SMILES string of the molecule is COC(=O)c1ccc(C2=CC[C@]3(C)CN(C(=O)c4ccccc4-c4nc5cc(Br)c(Br)cc5[nH]4)CC=C3C2(C)C)cc1. The number of hydrogen-bond donors (Lipinski definition) is 1. The smallest absolute Gasteiger partial charge is 0.337 e. The molecule has 1 aliphatic heterocycles. The van der Waals surface area contributed by atoms with Crippen LogP contribution < -0.4 is 0 Å². The van der Waals surface area contributed by atoms with Gasteiger partial charge in [-0.25, -0.2) is 9.78 Å². The summed E-state index contributed by atoms with van der Waals surface area (Å²) in [6.07, 6.45) is 5.36. The average Bonchev–Trinajstić information content (AvgIpc) is 3.38. The summed E-state index contributed by atoms with van der Waals surface area (Å²) in [5.74, 6) is 0.327. The molecular formula is C34H31Br2N3O3. The molecule has 42 heavy (non-hydrogen) atoms. The molecule has 4 aromatic rings. The van der Waals surface area contributed by atoms with Gasteiger partial charge in [-0.3, -0.25) is 4.79 Å². The minimum Gasteiger partial charge on any atom is -0.465 e. The van der Waals surface area contributed by atoms with Gasteiger partial charge in [-0.1, -0.05) is 68.8 Å². The average molecular weight is 689 g/mol. The number of aromatic nitrogens is 2. The number of imidazole rings is 1. The zero-order valence-electron chi connectivity index (χ0n) is 23.9. The third kappa shape index (κ3) is 4.84. The van der Waals surface area contributed by atoms with Crippen LogP contribution in [-0.4, -0.2) is 46.9 Å². The van der Waals surface area contributed by atoms with Crippen LogP contribution in [-0.2, 0) is 4.74 Å². The monoisotopic (exact) mass is 687 g/mol. The Morgan fingerprint density at radius 1 is 0.976 bits per heavy atom. The van der Waals surface area contributed by atoms with Crippen molar-refractivity contribution in [1.82, 2.24) is 14.9 Å². The number of nitrogens with zero attached hydrogens (tertiary/aromatic N) is 2. The molecule has 214 valence electrons. The van der Waals surface area contributed by atoms with E-state index in [0.717, 1.165) is 37.5 Å². The van der Waals surface area contributed by atoms with E-state index in [9.17, 15) is 9.59 Å². The van der Waals surface area contributed by atoms with Crippen LogP contribution in [0.25, 0.3) is 28.0 Å². The Balaban J connectivity index is 1.29. The molecule has 1 atom stereocenters. The number of H-pyrrole nitrogens is 1. The number of hydrogen-bond acceptors (Lipinski definition) is 4. The van der Waals surface area contributed by atoms with Gasteiger partial charge in [0.25, 0.3) is 5.91 Å².